The highest BCUT2D eigenvalue weighted by Crippen LogP contribution is 2.15. The zero-order valence-corrected chi connectivity index (χ0v) is 18.0. The predicted octanol–water partition coefficient (Wildman–Crippen LogP) is 5.66. The predicted molar refractivity (Wildman–Crippen MR) is 113 cm³/mol. The van der Waals surface area contributed by atoms with Crippen LogP contribution in [-0.2, 0) is 4.79 Å². The summed E-state index contributed by atoms with van der Waals surface area (Å²) < 4.78 is 0. The van der Waals surface area contributed by atoms with Crippen molar-refractivity contribution in [2.75, 3.05) is 20.2 Å². The molecule has 0 aromatic heterocycles. The smallest absolute Gasteiger partial charge is 0.222 e. The minimum Gasteiger partial charge on any atom is -0.395 e. The van der Waals surface area contributed by atoms with Crippen LogP contribution in [0.25, 0.3) is 0 Å². The molecule has 0 rings (SSSR count). The average Bonchev–Trinajstić information content (AvgIpc) is 2.54. The van der Waals surface area contributed by atoms with Gasteiger partial charge >= 0.3 is 0 Å². The van der Waals surface area contributed by atoms with E-state index in [2.05, 4.69) is 52.8 Å². The van der Waals surface area contributed by atoms with Crippen molar-refractivity contribution in [3.05, 3.63) is 34.9 Å². The first kappa shape index (κ1) is 24.7. The van der Waals surface area contributed by atoms with Gasteiger partial charge in [0.05, 0.1) is 6.61 Å². The molecule has 1 atom stereocenters. The summed E-state index contributed by atoms with van der Waals surface area (Å²) in [7, 11) is 1.75. The molecule has 0 aromatic carbocycles. The van der Waals surface area contributed by atoms with Gasteiger partial charge in [0, 0.05) is 20.0 Å². The Balaban J connectivity index is 4.03. The molecule has 0 aliphatic rings. The molecule has 150 valence electrons. The van der Waals surface area contributed by atoms with Crippen LogP contribution in [0.5, 0.6) is 0 Å². The van der Waals surface area contributed by atoms with Crippen LogP contribution in [0.15, 0.2) is 34.9 Å². The van der Waals surface area contributed by atoms with E-state index in [-0.39, 0.29) is 12.5 Å². The molecule has 0 aromatic rings. The number of allylic oxidation sites excluding steroid dienone is 6. The Morgan fingerprint density at radius 2 is 1.50 bits per heavy atom. The Kier molecular flexibility index (Phi) is 14.0. The fourth-order valence-corrected chi connectivity index (χ4v) is 2.78. The first-order valence-electron chi connectivity index (χ1n) is 10.1. The third kappa shape index (κ3) is 13.9. The lowest BCUT2D eigenvalue weighted by Gasteiger charge is -2.18. The lowest BCUT2D eigenvalue weighted by molar-refractivity contribution is -0.131. The maximum atomic E-state index is 11.9. The number of carbonyl (C=O) groups excluding carboxylic acids is 1. The van der Waals surface area contributed by atoms with E-state index in [0.29, 0.717) is 18.9 Å². The molecule has 0 aliphatic heterocycles. The van der Waals surface area contributed by atoms with Crippen LogP contribution >= 0.6 is 0 Å². The molecule has 3 heteroatoms. The first-order chi connectivity index (χ1) is 12.3. The van der Waals surface area contributed by atoms with Crippen LogP contribution in [-0.4, -0.2) is 36.1 Å². The van der Waals surface area contributed by atoms with Gasteiger partial charge in [0.15, 0.2) is 0 Å². The van der Waals surface area contributed by atoms with Gasteiger partial charge in [-0.1, -0.05) is 41.9 Å². The molecule has 1 amide bonds. The van der Waals surface area contributed by atoms with E-state index in [1.807, 2.05) is 0 Å². The Morgan fingerprint density at radius 1 is 0.962 bits per heavy atom. The van der Waals surface area contributed by atoms with E-state index in [9.17, 15) is 4.79 Å². The molecule has 0 radical (unpaired) electrons. The van der Waals surface area contributed by atoms with Crippen molar-refractivity contribution in [2.24, 2.45) is 5.92 Å². The summed E-state index contributed by atoms with van der Waals surface area (Å²) in [6.07, 6.45) is 14.2. The monoisotopic (exact) mass is 363 g/mol. The van der Waals surface area contributed by atoms with Gasteiger partial charge in [-0.05, 0) is 72.1 Å². The number of hydrogen-bond acceptors (Lipinski definition) is 2. The number of aliphatic hydroxyl groups excluding tert-OH is 1. The third-order valence-corrected chi connectivity index (χ3v) is 4.66. The fourth-order valence-electron chi connectivity index (χ4n) is 2.78. The van der Waals surface area contributed by atoms with Crippen molar-refractivity contribution >= 4 is 5.91 Å². The van der Waals surface area contributed by atoms with Crippen LogP contribution < -0.4 is 0 Å². The summed E-state index contributed by atoms with van der Waals surface area (Å²) in [6.45, 7) is 11.3. The lowest BCUT2D eigenvalue weighted by atomic mass is 9.99. The Morgan fingerprint density at radius 3 is 2.04 bits per heavy atom. The highest BCUT2D eigenvalue weighted by atomic mass is 16.3. The Bertz CT molecular complexity index is 484. The van der Waals surface area contributed by atoms with Crippen molar-refractivity contribution in [1.82, 2.24) is 4.90 Å². The average molecular weight is 364 g/mol. The minimum atomic E-state index is 0.0292. The van der Waals surface area contributed by atoms with Crippen LogP contribution in [0.3, 0.4) is 0 Å². The molecule has 0 spiro atoms. The highest BCUT2D eigenvalue weighted by molar-refractivity contribution is 5.76. The molecule has 1 unspecified atom stereocenters. The Labute approximate surface area is 161 Å². The quantitative estimate of drug-likeness (QED) is 0.429. The zero-order chi connectivity index (χ0) is 19.9. The number of nitrogens with zero attached hydrogens (tertiary/aromatic N) is 1. The summed E-state index contributed by atoms with van der Waals surface area (Å²) in [5, 5.41) is 8.88. The largest absolute Gasteiger partial charge is 0.395 e. The molecule has 0 fully saturated rings. The van der Waals surface area contributed by atoms with E-state index in [1.54, 1.807) is 11.9 Å². The van der Waals surface area contributed by atoms with Crippen molar-refractivity contribution in [3.8, 4) is 0 Å². The number of hydrogen-bond donors (Lipinski definition) is 1. The normalized spacial score (nSPS) is 13.5. The van der Waals surface area contributed by atoms with Gasteiger partial charge in [-0.2, -0.15) is 0 Å². The molecular formula is C23H41NO2. The molecule has 0 heterocycles. The van der Waals surface area contributed by atoms with Gasteiger partial charge in [-0.3, -0.25) is 4.79 Å². The molecule has 0 saturated carbocycles. The van der Waals surface area contributed by atoms with E-state index in [0.717, 1.165) is 38.5 Å². The van der Waals surface area contributed by atoms with Crippen LogP contribution in [0.1, 0.15) is 79.6 Å². The number of carbonyl (C=O) groups is 1. The topological polar surface area (TPSA) is 40.5 Å². The second kappa shape index (κ2) is 14.8. The van der Waals surface area contributed by atoms with E-state index in [1.165, 1.54) is 16.7 Å². The second-order valence-corrected chi connectivity index (χ2v) is 7.89. The molecule has 3 nitrogen and oxygen atoms in total. The molecular weight excluding hydrogens is 322 g/mol. The molecule has 1 N–H and O–H groups in total. The summed E-state index contributed by atoms with van der Waals surface area (Å²) in [5.74, 6) is 0.505. The number of rotatable bonds is 13. The SMILES string of the molecule is CC(C)=CCC/C(C)=C/CC/C(C)=C/CCC(C)CC(=O)N(C)CCO. The molecule has 0 saturated heterocycles. The van der Waals surface area contributed by atoms with Crippen LogP contribution in [0.2, 0.25) is 0 Å². The van der Waals surface area contributed by atoms with Gasteiger partial charge < -0.3 is 10.0 Å². The van der Waals surface area contributed by atoms with E-state index < -0.39 is 0 Å². The highest BCUT2D eigenvalue weighted by Gasteiger charge is 2.12. The Hall–Kier alpha value is -1.35. The summed E-state index contributed by atoms with van der Waals surface area (Å²) in [4.78, 5) is 13.6. The van der Waals surface area contributed by atoms with Crippen molar-refractivity contribution in [1.29, 1.82) is 0 Å². The number of amides is 1. The maximum Gasteiger partial charge on any atom is 0.222 e. The third-order valence-electron chi connectivity index (χ3n) is 4.66. The van der Waals surface area contributed by atoms with Gasteiger partial charge in [-0.25, -0.2) is 0 Å². The standard InChI is InChI=1S/C23H41NO2/c1-19(2)10-7-11-20(3)12-8-13-21(4)14-9-15-22(5)18-23(26)24(6)16-17-25/h10,12,14,22,25H,7-9,11,13,15-18H2,1-6H3/b20-12+,21-14+. The van der Waals surface area contributed by atoms with Gasteiger partial charge in [0.1, 0.15) is 0 Å². The zero-order valence-electron chi connectivity index (χ0n) is 18.0. The van der Waals surface area contributed by atoms with E-state index in [4.69, 9.17) is 5.11 Å². The van der Waals surface area contributed by atoms with Crippen molar-refractivity contribution in [3.63, 3.8) is 0 Å². The minimum absolute atomic E-state index is 0.0292. The van der Waals surface area contributed by atoms with Gasteiger partial charge in [-0.15, -0.1) is 0 Å². The molecule has 26 heavy (non-hydrogen) atoms. The van der Waals surface area contributed by atoms with Crippen molar-refractivity contribution < 1.29 is 9.90 Å². The summed E-state index contributed by atoms with van der Waals surface area (Å²) in [6, 6.07) is 0. The van der Waals surface area contributed by atoms with Gasteiger partial charge in [0.25, 0.3) is 0 Å². The summed E-state index contributed by atoms with van der Waals surface area (Å²) >= 11 is 0. The number of aliphatic hydroxyl groups is 1. The second-order valence-electron chi connectivity index (χ2n) is 7.89. The van der Waals surface area contributed by atoms with Crippen LogP contribution in [0, 0.1) is 5.92 Å². The van der Waals surface area contributed by atoms with Gasteiger partial charge in [0.2, 0.25) is 5.91 Å². The van der Waals surface area contributed by atoms with Crippen LogP contribution in [0.4, 0.5) is 0 Å². The summed E-state index contributed by atoms with van der Waals surface area (Å²) in [5.41, 5.74) is 4.32. The fraction of sp³-hybridized carbons (Fsp3) is 0.696. The first-order valence-corrected chi connectivity index (χ1v) is 10.1. The lowest BCUT2D eigenvalue weighted by Crippen LogP contribution is -2.30. The molecule has 0 aliphatic carbocycles. The number of likely N-dealkylation sites (N-methyl/N-ethyl adjacent to an activating group) is 1. The van der Waals surface area contributed by atoms with Crippen molar-refractivity contribution in [2.45, 2.75) is 79.6 Å². The maximum absolute atomic E-state index is 11.9. The molecule has 0 bridgehead atoms. The van der Waals surface area contributed by atoms with E-state index >= 15 is 0 Å².